The molecule has 0 saturated heterocycles. The van der Waals surface area contributed by atoms with Gasteiger partial charge in [0.2, 0.25) is 0 Å². The molecule has 0 aliphatic carbocycles. The van der Waals surface area contributed by atoms with Gasteiger partial charge in [0, 0.05) is 17.0 Å². The summed E-state index contributed by atoms with van der Waals surface area (Å²) in [7, 11) is 0. The van der Waals surface area contributed by atoms with E-state index in [0.717, 1.165) is 6.07 Å². The molecule has 0 saturated carbocycles. The Bertz CT molecular complexity index is 705. The molecule has 0 fully saturated rings. The molecule has 0 spiro atoms. The van der Waals surface area contributed by atoms with Crippen LogP contribution < -0.4 is 5.32 Å². The number of aliphatic carboxylic acids is 1. The van der Waals surface area contributed by atoms with Gasteiger partial charge < -0.3 is 10.4 Å². The SMILES string of the molecule is O=C(N[C@H](Cc1cccc(Cl)c1)C(=O)O)c1cccc(F)c1. The third kappa shape index (κ3) is 4.30. The van der Waals surface area contributed by atoms with Crippen LogP contribution in [0.4, 0.5) is 4.39 Å². The maximum absolute atomic E-state index is 13.1. The second-order valence-electron chi connectivity index (χ2n) is 4.71. The molecule has 0 radical (unpaired) electrons. The van der Waals surface area contributed by atoms with E-state index in [1.165, 1.54) is 18.2 Å². The highest BCUT2D eigenvalue weighted by atomic mass is 35.5. The highest BCUT2D eigenvalue weighted by Crippen LogP contribution is 2.13. The molecule has 2 aromatic carbocycles. The molecule has 6 heteroatoms. The molecule has 22 heavy (non-hydrogen) atoms. The maximum Gasteiger partial charge on any atom is 0.326 e. The zero-order valence-electron chi connectivity index (χ0n) is 11.4. The molecular weight excluding hydrogens is 309 g/mol. The smallest absolute Gasteiger partial charge is 0.326 e. The molecule has 2 N–H and O–H groups in total. The molecule has 0 aliphatic heterocycles. The number of amides is 1. The zero-order valence-corrected chi connectivity index (χ0v) is 12.2. The van der Waals surface area contributed by atoms with E-state index in [0.29, 0.717) is 10.6 Å². The molecule has 0 aromatic heterocycles. The second-order valence-corrected chi connectivity index (χ2v) is 5.15. The Balaban J connectivity index is 2.12. The minimum atomic E-state index is -1.18. The van der Waals surface area contributed by atoms with Crippen LogP contribution in [-0.2, 0) is 11.2 Å². The number of rotatable bonds is 5. The van der Waals surface area contributed by atoms with Gasteiger partial charge in [-0.05, 0) is 35.9 Å². The molecule has 114 valence electrons. The molecule has 0 heterocycles. The van der Waals surface area contributed by atoms with Crippen LogP contribution in [-0.4, -0.2) is 23.0 Å². The van der Waals surface area contributed by atoms with Crippen molar-refractivity contribution in [2.45, 2.75) is 12.5 Å². The number of benzene rings is 2. The highest BCUT2D eigenvalue weighted by molar-refractivity contribution is 6.30. The van der Waals surface area contributed by atoms with Gasteiger partial charge in [0.25, 0.3) is 5.91 Å². The van der Waals surface area contributed by atoms with E-state index in [-0.39, 0.29) is 12.0 Å². The Hall–Kier alpha value is -2.40. The van der Waals surface area contributed by atoms with Crippen molar-refractivity contribution in [2.24, 2.45) is 0 Å². The van der Waals surface area contributed by atoms with Crippen molar-refractivity contribution in [2.75, 3.05) is 0 Å². The Morgan fingerprint density at radius 3 is 2.55 bits per heavy atom. The summed E-state index contributed by atoms with van der Waals surface area (Å²) < 4.78 is 13.1. The first-order valence-corrected chi connectivity index (χ1v) is 6.87. The van der Waals surface area contributed by atoms with Crippen LogP contribution in [0.1, 0.15) is 15.9 Å². The van der Waals surface area contributed by atoms with Gasteiger partial charge in [-0.3, -0.25) is 4.79 Å². The predicted octanol–water partition coefficient (Wildman–Crippen LogP) is 2.90. The lowest BCUT2D eigenvalue weighted by atomic mass is 10.1. The van der Waals surface area contributed by atoms with Crippen LogP contribution in [0.3, 0.4) is 0 Å². The van der Waals surface area contributed by atoms with Crippen LogP contribution in [0.15, 0.2) is 48.5 Å². The lowest BCUT2D eigenvalue weighted by Gasteiger charge is -2.15. The van der Waals surface area contributed by atoms with Gasteiger partial charge in [-0.25, -0.2) is 9.18 Å². The lowest BCUT2D eigenvalue weighted by Crippen LogP contribution is -2.42. The van der Waals surface area contributed by atoms with Crippen molar-refractivity contribution in [3.63, 3.8) is 0 Å². The van der Waals surface area contributed by atoms with Crippen LogP contribution >= 0.6 is 11.6 Å². The normalized spacial score (nSPS) is 11.7. The fourth-order valence-electron chi connectivity index (χ4n) is 1.97. The summed E-state index contributed by atoms with van der Waals surface area (Å²) >= 11 is 5.85. The number of carboxylic acid groups (broad SMARTS) is 1. The van der Waals surface area contributed by atoms with E-state index < -0.39 is 23.7 Å². The summed E-state index contributed by atoms with van der Waals surface area (Å²) in [5, 5.41) is 12.1. The van der Waals surface area contributed by atoms with Crippen LogP contribution in [0.2, 0.25) is 5.02 Å². The molecule has 0 bridgehead atoms. The summed E-state index contributed by atoms with van der Waals surface area (Å²) in [6.07, 6.45) is 0.0803. The number of hydrogen-bond donors (Lipinski definition) is 2. The van der Waals surface area contributed by atoms with Gasteiger partial charge in [-0.2, -0.15) is 0 Å². The first kappa shape index (κ1) is 16.0. The topological polar surface area (TPSA) is 66.4 Å². The van der Waals surface area contributed by atoms with Gasteiger partial charge in [-0.1, -0.05) is 29.8 Å². The van der Waals surface area contributed by atoms with E-state index in [2.05, 4.69) is 5.32 Å². The van der Waals surface area contributed by atoms with Crippen molar-refractivity contribution in [3.05, 3.63) is 70.5 Å². The van der Waals surface area contributed by atoms with Crippen molar-refractivity contribution in [3.8, 4) is 0 Å². The standard InChI is InChI=1S/C16H13ClFNO3/c17-12-5-1-3-10(7-12)8-14(16(21)22)19-15(20)11-4-2-6-13(18)9-11/h1-7,9,14H,8H2,(H,19,20)(H,21,22)/t14-/m1/s1. The number of nitrogens with one attached hydrogen (secondary N) is 1. The molecule has 1 amide bonds. The maximum atomic E-state index is 13.1. The summed E-state index contributed by atoms with van der Waals surface area (Å²) in [5.74, 6) is -2.38. The number of hydrogen-bond acceptors (Lipinski definition) is 2. The first-order chi connectivity index (χ1) is 10.5. The van der Waals surface area contributed by atoms with Gasteiger partial charge in [-0.15, -0.1) is 0 Å². The van der Waals surface area contributed by atoms with Crippen LogP contribution in [0, 0.1) is 5.82 Å². The number of halogens is 2. The van der Waals surface area contributed by atoms with Gasteiger partial charge in [0.15, 0.2) is 0 Å². The molecule has 2 rings (SSSR count). The molecule has 0 unspecified atom stereocenters. The summed E-state index contributed by atoms with van der Waals surface area (Å²) in [6, 6.07) is 10.6. The van der Waals surface area contributed by atoms with E-state index in [1.54, 1.807) is 24.3 Å². The molecular formula is C16H13ClFNO3. The summed E-state index contributed by atoms with van der Waals surface area (Å²) in [6.45, 7) is 0. The quantitative estimate of drug-likeness (QED) is 0.890. The average molecular weight is 322 g/mol. The fraction of sp³-hybridized carbons (Fsp3) is 0.125. The van der Waals surface area contributed by atoms with Gasteiger partial charge in [0.1, 0.15) is 11.9 Å². The second kappa shape index (κ2) is 7.04. The minimum absolute atomic E-state index is 0.0670. The Morgan fingerprint density at radius 1 is 1.18 bits per heavy atom. The zero-order chi connectivity index (χ0) is 16.1. The molecule has 0 aliphatic rings. The third-order valence-corrected chi connectivity index (χ3v) is 3.25. The summed E-state index contributed by atoms with van der Waals surface area (Å²) in [5.41, 5.74) is 0.747. The van der Waals surface area contributed by atoms with E-state index >= 15 is 0 Å². The monoisotopic (exact) mass is 321 g/mol. The largest absolute Gasteiger partial charge is 0.480 e. The predicted molar refractivity (Wildman–Crippen MR) is 80.4 cm³/mol. The highest BCUT2D eigenvalue weighted by Gasteiger charge is 2.21. The lowest BCUT2D eigenvalue weighted by molar-refractivity contribution is -0.139. The molecule has 2 aromatic rings. The number of carbonyl (C=O) groups is 2. The Morgan fingerprint density at radius 2 is 1.91 bits per heavy atom. The minimum Gasteiger partial charge on any atom is -0.480 e. The fourth-order valence-corrected chi connectivity index (χ4v) is 2.18. The van der Waals surface area contributed by atoms with Crippen LogP contribution in [0.5, 0.6) is 0 Å². The van der Waals surface area contributed by atoms with Crippen molar-refractivity contribution in [1.29, 1.82) is 0 Å². The first-order valence-electron chi connectivity index (χ1n) is 6.49. The van der Waals surface area contributed by atoms with Gasteiger partial charge >= 0.3 is 5.97 Å². The molecule has 1 atom stereocenters. The number of carboxylic acids is 1. The number of carbonyl (C=O) groups excluding carboxylic acids is 1. The van der Waals surface area contributed by atoms with Crippen LogP contribution in [0.25, 0.3) is 0 Å². The third-order valence-electron chi connectivity index (χ3n) is 3.02. The van der Waals surface area contributed by atoms with Crippen molar-refractivity contribution < 1.29 is 19.1 Å². The van der Waals surface area contributed by atoms with Crippen molar-refractivity contribution in [1.82, 2.24) is 5.32 Å². The Kier molecular flexibility index (Phi) is 5.12. The van der Waals surface area contributed by atoms with E-state index in [9.17, 15) is 19.1 Å². The average Bonchev–Trinajstić information content (AvgIpc) is 2.46. The van der Waals surface area contributed by atoms with Gasteiger partial charge in [0.05, 0.1) is 0 Å². The molecule has 4 nitrogen and oxygen atoms in total. The summed E-state index contributed by atoms with van der Waals surface area (Å²) in [4.78, 5) is 23.3. The van der Waals surface area contributed by atoms with E-state index in [1.807, 2.05) is 0 Å². The van der Waals surface area contributed by atoms with E-state index in [4.69, 9.17) is 11.6 Å². The van der Waals surface area contributed by atoms with Crippen molar-refractivity contribution >= 4 is 23.5 Å². The Labute approximate surface area is 131 Å².